The molecular weight excluding hydrogens is 394 g/mol. The summed E-state index contributed by atoms with van der Waals surface area (Å²) in [6, 6.07) is 12.5. The SMILES string of the molecule is Cc1cc(I)ccc1NC(=O)CN(C)Cc1ccccc1F. The van der Waals surface area contributed by atoms with E-state index in [-0.39, 0.29) is 18.3 Å². The first-order valence-electron chi connectivity index (χ1n) is 6.93. The maximum absolute atomic E-state index is 13.6. The molecule has 0 spiro atoms. The largest absolute Gasteiger partial charge is 0.325 e. The monoisotopic (exact) mass is 412 g/mol. The van der Waals surface area contributed by atoms with Gasteiger partial charge in [0.15, 0.2) is 0 Å². The van der Waals surface area contributed by atoms with Crippen LogP contribution in [0.1, 0.15) is 11.1 Å². The van der Waals surface area contributed by atoms with Crippen molar-refractivity contribution in [3.05, 3.63) is 63.0 Å². The van der Waals surface area contributed by atoms with E-state index in [1.165, 1.54) is 6.07 Å². The van der Waals surface area contributed by atoms with E-state index in [1.54, 1.807) is 30.1 Å². The molecule has 0 heterocycles. The maximum atomic E-state index is 13.6. The van der Waals surface area contributed by atoms with Crippen molar-refractivity contribution in [1.82, 2.24) is 4.90 Å². The molecule has 0 saturated carbocycles. The van der Waals surface area contributed by atoms with Crippen LogP contribution in [0.4, 0.5) is 10.1 Å². The molecule has 5 heteroatoms. The first-order chi connectivity index (χ1) is 10.5. The van der Waals surface area contributed by atoms with Gasteiger partial charge in [-0.15, -0.1) is 0 Å². The van der Waals surface area contributed by atoms with Crippen molar-refractivity contribution >= 4 is 34.2 Å². The summed E-state index contributed by atoms with van der Waals surface area (Å²) in [5, 5.41) is 2.89. The number of benzene rings is 2. The van der Waals surface area contributed by atoms with Gasteiger partial charge in [0.2, 0.25) is 5.91 Å². The van der Waals surface area contributed by atoms with Gasteiger partial charge in [0.05, 0.1) is 6.54 Å². The van der Waals surface area contributed by atoms with Crippen LogP contribution in [0.3, 0.4) is 0 Å². The molecule has 0 unspecified atom stereocenters. The molecule has 2 rings (SSSR count). The average molecular weight is 412 g/mol. The highest BCUT2D eigenvalue weighted by Gasteiger charge is 2.10. The number of amides is 1. The predicted molar refractivity (Wildman–Crippen MR) is 95.3 cm³/mol. The lowest BCUT2D eigenvalue weighted by Gasteiger charge is -2.17. The Morgan fingerprint density at radius 2 is 2.00 bits per heavy atom. The van der Waals surface area contributed by atoms with Crippen molar-refractivity contribution in [2.45, 2.75) is 13.5 Å². The van der Waals surface area contributed by atoms with Crippen molar-refractivity contribution in [1.29, 1.82) is 0 Å². The number of carbonyl (C=O) groups excluding carboxylic acids is 1. The van der Waals surface area contributed by atoms with Crippen LogP contribution in [0.5, 0.6) is 0 Å². The van der Waals surface area contributed by atoms with Crippen molar-refractivity contribution in [3.8, 4) is 0 Å². The molecule has 116 valence electrons. The van der Waals surface area contributed by atoms with Crippen molar-refractivity contribution in [2.24, 2.45) is 0 Å². The minimum Gasteiger partial charge on any atom is -0.325 e. The van der Waals surface area contributed by atoms with Crippen LogP contribution in [0.25, 0.3) is 0 Å². The van der Waals surface area contributed by atoms with E-state index < -0.39 is 0 Å². The Labute approximate surface area is 143 Å². The van der Waals surface area contributed by atoms with Gasteiger partial charge in [-0.2, -0.15) is 0 Å². The molecule has 2 aromatic rings. The quantitative estimate of drug-likeness (QED) is 0.758. The third-order valence-corrected chi connectivity index (χ3v) is 3.95. The zero-order chi connectivity index (χ0) is 16.1. The lowest BCUT2D eigenvalue weighted by atomic mass is 10.2. The van der Waals surface area contributed by atoms with E-state index in [9.17, 15) is 9.18 Å². The molecule has 0 radical (unpaired) electrons. The predicted octanol–water partition coefficient (Wildman–Crippen LogP) is 3.81. The summed E-state index contributed by atoms with van der Waals surface area (Å²) >= 11 is 2.23. The van der Waals surface area contributed by atoms with E-state index in [2.05, 4.69) is 27.9 Å². The van der Waals surface area contributed by atoms with E-state index in [0.717, 1.165) is 14.8 Å². The minimum absolute atomic E-state index is 0.108. The zero-order valence-electron chi connectivity index (χ0n) is 12.6. The third kappa shape index (κ3) is 4.78. The Morgan fingerprint density at radius 3 is 2.68 bits per heavy atom. The maximum Gasteiger partial charge on any atom is 0.238 e. The first-order valence-corrected chi connectivity index (χ1v) is 8.01. The van der Waals surface area contributed by atoms with Crippen LogP contribution < -0.4 is 5.32 Å². The number of carbonyl (C=O) groups is 1. The average Bonchev–Trinajstić information content (AvgIpc) is 2.44. The van der Waals surface area contributed by atoms with E-state index in [1.807, 2.05) is 25.1 Å². The van der Waals surface area contributed by atoms with Gasteiger partial charge in [-0.25, -0.2) is 4.39 Å². The summed E-state index contributed by atoms with van der Waals surface area (Å²) in [6.45, 7) is 2.56. The fourth-order valence-corrected chi connectivity index (χ4v) is 2.82. The topological polar surface area (TPSA) is 32.3 Å². The van der Waals surface area contributed by atoms with Crippen LogP contribution in [-0.4, -0.2) is 24.4 Å². The first kappa shape index (κ1) is 16.9. The van der Waals surface area contributed by atoms with Gasteiger partial charge >= 0.3 is 0 Å². The molecule has 0 aromatic heterocycles. The summed E-state index contributed by atoms with van der Waals surface area (Å²) in [4.78, 5) is 13.9. The molecule has 2 aromatic carbocycles. The van der Waals surface area contributed by atoms with E-state index in [0.29, 0.717) is 12.1 Å². The number of halogens is 2. The van der Waals surface area contributed by atoms with Gasteiger partial charge in [0, 0.05) is 21.4 Å². The van der Waals surface area contributed by atoms with Gasteiger partial charge in [-0.3, -0.25) is 9.69 Å². The molecule has 1 N–H and O–H groups in total. The smallest absolute Gasteiger partial charge is 0.238 e. The normalized spacial score (nSPS) is 10.8. The van der Waals surface area contributed by atoms with Crippen LogP contribution in [0, 0.1) is 16.3 Å². The molecule has 3 nitrogen and oxygen atoms in total. The van der Waals surface area contributed by atoms with E-state index >= 15 is 0 Å². The second kappa shape index (κ2) is 7.69. The van der Waals surface area contributed by atoms with Gasteiger partial charge in [-0.05, 0) is 66.4 Å². The van der Waals surface area contributed by atoms with Gasteiger partial charge in [0.1, 0.15) is 5.82 Å². The lowest BCUT2D eigenvalue weighted by molar-refractivity contribution is -0.117. The highest BCUT2D eigenvalue weighted by atomic mass is 127. The number of nitrogens with one attached hydrogen (secondary N) is 1. The number of aryl methyl sites for hydroxylation is 1. The summed E-state index contributed by atoms with van der Waals surface area (Å²) in [6.07, 6.45) is 0. The molecule has 0 fully saturated rings. The van der Waals surface area contributed by atoms with Crippen molar-refractivity contribution < 1.29 is 9.18 Å². The van der Waals surface area contributed by atoms with Crippen LogP contribution >= 0.6 is 22.6 Å². The molecular formula is C17H18FIN2O. The number of hydrogen-bond acceptors (Lipinski definition) is 2. The van der Waals surface area contributed by atoms with Crippen molar-refractivity contribution in [3.63, 3.8) is 0 Å². The molecule has 1 amide bonds. The molecule has 0 bridgehead atoms. The number of likely N-dealkylation sites (N-methyl/N-ethyl adjacent to an activating group) is 1. The summed E-state index contributed by atoms with van der Waals surface area (Å²) in [7, 11) is 1.80. The molecule has 0 atom stereocenters. The number of nitrogens with zero attached hydrogens (tertiary/aromatic N) is 1. The fourth-order valence-electron chi connectivity index (χ4n) is 2.18. The second-order valence-electron chi connectivity index (χ2n) is 5.27. The minimum atomic E-state index is -0.247. The van der Waals surface area contributed by atoms with Gasteiger partial charge < -0.3 is 5.32 Å². The molecule has 22 heavy (non-hydrogen) atoms. The van der Waals surface area contributed by atoms with Gasteiger partial charge in [-0.1, -0.05) is 18.2 Å². The Morgan fingerprint density at radius 1 is 1.27 bits per heavy atom. The molecule has 0 saturated heterocycles. The summed E-state index contributed by atoms with van der Waals surface area (Å²) in [5.74, 6) is -0.355. The zero-order valence-corrected chi connectivity index (χ0v) is 14.7. The number of rotatable bonds is 5. The number of anilines is 1. The summed E-state index contributed by atoms with van der Waals surface area (Å²) in [5.41, 5.74) is 2.42. The van der Waals surface area contributed by atoms with Crippen LogP contribution in [-0.2, 0) is 11.3 Å². The third-order valence-electron chi connectivity index (χ3n) is 3.27. The number of hydrogen-bond donors (Lipinski definition) is 1. The molecule has 0 aliphatic carbocycles. The van der Waals surface area contributed by atoms with Crippen molar-refractivity contribution in [2.75, 3.05) is 18.9 Å². The summed E-state index contributed by atoms with van der Waals surface area (Å²) < 4.78 is 14.7. The highest BCUT2D eigenvalue weighted by Crippen LogP contribution is 2.17. The van der Waals surface area contributed by atoms with Gasteiger partial charge in [0.25, 0.3) is 0 Å². The molecule has 0 aliphatic rings. The Bertz CT molecular complexity index is 675. The molecule has 0 aliphatic heterocycles. The fraction of sp³-hybridized carbons (Fsp3) is 0.235. The lowest BCUT2D eigenvalue weighted by Crippen LogP contribution is -2.30. The Kier molecular flexibility index (Phi) is 5.90. The van der Waals surface area contributed by atoms with Crippen LogP contribution in [0.15, 0.2) is 42.5 Å². The van der Waals surface area contributed by atoms with E-state index in [4.69, 9.17) is 0 Å². The highest BCUT2D eigenvalue weighted by molar-refractivity contribution is 14.1. The van der Waals surface area contributed by atoms with Crippen LogP contribution in [0.2, 0.25) is 0 Å². The Hall–Kier alpha value is -1.47. The standard InChI is InChI=1S/C17H18FIN2O/c1-12-9-14(19)7-8-16(12)20-17(22)11-21(2)10-13-5-3-4-6-15(13)18/h3-9H,10-11H2,1-2H3,(H,20,22). The Balaban J connectivity index is 1.93. The second-order valence-corrected chi connectivity index (χ2v) is 6.52.